The normalized spacial score (nSPS) is 30.7. The second kappa shape index (κ2) is 4.43. The molecular weight excluding hydrogens is 160 g/mol. The van der Waals surface area contributed by atoms with Crippen LogP contribution in [0, 0.1) is 5.92 Å². The van der Waals surface area contributed by atoms with Crippen molar-refractivity contribution in [1.82, 2.24) is 10.2 Å². The van der Waals surface area contributed by atoms with E-state index in [0.29, 0.717) is 0 Å². The van der Waals surface area contributed by atoms with Gasteiger partial charge in [0.25, 0.3) is 0 Å². The van der Waals surface area contributed by atoms with E-state index in [1.165, 1.54) is 51.7 Å². The van der Waals surface area contributed by atoms with Gasteiger partial charge < -0.3 is 10.2 Å². The van der Waals surface area contributed by atoms with Crippen LogP contribution in [0.15, 0.2) is 0 Å². The standard InChI is InChI=1S/C11H22N2/c1-13-7-3-6-11(13)9-12-8-10-4-2-5-10/h10-12H,2-9H2,1H3. The summed E-state index contributed by atoms with van der Waals surface area (Å²) in [4.78, 5) is 2.49. The Hall–Kier alpha value is -0.0800. The third kappa shape index (κ3) is 2.44. The maximum Gasteiger partial charge on any atom is 0.0218 e. The van der Waals surface area contributed by atoms with Crippen molar-refractivity contribution in [3.8, 4) is 0 Å². The van der Waals surface area contributed by atoms with Crippen LogP contribution in [0.5, 0.6) is 0 Å². The van der Waals surface area contributed by atoms with Gasteiger partial charge in [0, 0.05) is 12.6 Å². The predicted octanol–water partition coefficient (Wildman–Crippen LogP) is 1.47. The van der Waals surface area contributed by atoms with Gasteiger partial charge in [-0.25, -0.2) is 0 Å². The SMILES string of the molecule is CN1CCCC1CNCC1CCC1. The minimum absolute atomic E-state index is 0.820. The molecule has 1 unspecified atom stereocenters. The third-order valence-electron chi connectivity index (χ3n) is 3.71. The summed E-state index contributed by atoms with van der Waals surface area (Å²) in [5.41, 5.74) is 0. The van der Waals surface area contributed by atoms with Crippen LogP contribution in [0.4, 0.5) is 0 Å². The van der Waals surface area contributed by atoms with Crippen molar-refractivity contribution in [3.63, 3.8) is 0 Å². The first-order valence-corrected chi connectivity index (χ1v) is 5.77. The monoisotopic (exact) mass is 182 g/mol. The van der Waals surface area contributed by atoms with Gasteiger partial charge in [-0.3, -0.25) is 0 Å². The van der Waals surface area contributed by atoms with Gasteiger partial charge in [0.1, 0.15) is 0 Å². The molecule has 1 saturated carbocycles. The number of hydrogen-bond donors (Lipinski definition) is 1. The molecule has 0 aromatic rings. The zero-order chi connectivity index (χ0) is 9.10. The molecule has 1 atom stereocenters. The molecule has 1 aliphatic carbocycles. The van der Waals surface area contributed by atoms with Gasteiger partial charge >= 0.3 is 0 Å². The first-order chi connectivity index (χ1) is 6.36. The summed E-state index contributed by atoms with van der Waals surface area (Å²) in [6.45, 7) is 3.78. The van der Waals surface area contributed by atoms with Crippen LogP contribution in [-0.4, -0.2) is 37.6 Å². The van der Waals surface area contributed by atoms with E-state index < -0.39 is 0 Å². The maximum absolute atomic E-state index is 3.62. The number of nitrogens with zero attached hydrogens (tertiary/aromatic N) is 1. The lowest BCUT2D eigenvalue weighted by Crippen LogP contribution is -2.38. The van der Waals surface area contributed by atoms with Gasteiger partial charge in [0.15, 0.2) is 0 Å². The van der Waals surface area contributed by atoms with E-state index in [9.17, 15) is 0 Å². The number of nitrogens with one attached hydrogen (secondary N) is 1. The summed E-state index contributed by atoms with van der Waals surface area (Å²) in [7, 11) is 2.25. The van der Waals surface area contributed by atoms with Crippen LogP contribution in [0.25, 0.3) is 0 Å². The molecule has 1 N–H and O–H groups in total. The molecule has 1 saturated heterocycles. The molecule has 1 heterocycles. The van der Waals surface area contributed by atoms with Gasteiger partial charge in [-0.05, 0) is 51.7 Å². The van der Waals surface area contributed by atoms with Crippen LogP contribution in [0.1, 0.15) is 32.1 Å². The number of likely N-dealkylation sites (tertiary alicyclic amines) is 1. The van der Waals surface area contributed by atoms with E-state index in [4.69, 9.17) is 0 Å². The molecule has 2 heteroatoms. The highest BCUT2D eigenvalue weighted by molar-refractivity contribution is 4.79. The topological polar surface area (TPSA) is 15.3 Å². The summed E-state index contributed by atoms with van der Waals surface area (Å²) in [5, 5.41) is 3.62. The first kappa shape index (κ1) is 9.47. The maximum atomic E-state index is 3.62. The molecule has 2 aliphatic rings. The molecule has 0 aromatic carbocycles. The summed E-state index contributed by atoms with van der Waals surface area (Å²) in [6, 6.07) is 0.820. The summed E-state index contributed by atoms with van der Waals surface area (Å²) < 4.78 is 0. The minimum atomic E-state index is 0.820. The van der Waals surface area contributed by atoms with Gasteiger partial charge in [-0.1, -0.05) is 6.42 Å². The lowest BCUT2D eigenvalue weighted by molar-refractivity contribution is 0.267. The Kier molecular flexibility index (Phi) is 3.23. The fraction of sp³-hybridized carbons (Fsp3) is 1.00. The molecule has 2 nitrogen and oxygen atoms in total. The summed E-state index contributed by atoms with van der Waals surface area (Å²) in [6.07, 6.45) is 7.19. The predicted molar refractivity (Wildman–Crippen MR) is 55.9 cm³/mol. The fourth-order valence-electron chi connectivity index (χ4n) is 2.39. The van der Waals surface area contributed by atoms with Gasteiger partial charge in [-0.2, -0.15) is 0 Å². The van der Waals surface area contributed by atoms with Crippen molar-refractivity contribution in [2.75, 3.05) is 26.7 Å². The molecule has 0 spiro atoms. The minimum Gasteiger partial charge on any atom is -0.315 e. The van der Waals surface area contributed by atoms with Crippen LogP contribution in [0.2, 0.25) is 0 Å². The zero-order valence-corrected chi connectivity index (χ0v) is 8.76. The Morgan fingerprint density at radius 2 is 2.00 bits per heavy atom. The van der Waals surface area contributed by atoms with E-state index >= 15 is 0 Å². The van der Waals surface area contributed by atoms with Gasteiger partial charge in [0.2, 0.25) is 0 Å². The van der Waals surface area contributed by atoms with E-state index in [-0.39, 0.29) is 0 Å². The Bertz CT molecular complexity index is 154. The van der Waals surface area contributed by atoms with Crippen LogP contribution in [0.3, 0.4) is 0 Å². The molecule has 0 amide bonds. The molecule has 2 fully saturated rings. The molecule has 0 aromatic heterocycles. The molecule has 0 bridgehead atoms. The van der Waals surface area contributed by atoms with Crippen LogP contribution in [-0.2, 0) is 0 Å². The Morgan fingerprint density at radius 1 is 1.15 bits per heavy atom. The lowest BCUT2D eigenvalue weighted by Gasteiger charge is -2.27. The number of likely N-dealkylation sites (N-methyl/N-ethyl adjacent to an activating group) is 1. The quantitative estimate of drug-likeness (QED) is 0.708. The molecule has 76 valence electrons. The van der Waals surface area contributed by atoms with Crippen molar-refractivity contribution in [2.24, 2.45) is 5.92 Å². The molecule has 0 radical (unpaired) electrons. The van der Waals surface area contributed by atoms with Gasteiger partial charge in [0.05, 0.1) is 0 Å². The van der Waals surface area contributed by atoms with Crippen LogP contribution < -0.4 is 5.32 Å². The number of rotatable bonds is 4. The van der Waals surface area contributed by atoms with Crippen molar-refractivity contribution >= 4 is 0 Å². The van der Waals surface area contributed by atoms with Crippen molar-refractivity contribution < 1.29 is 0 Å². The smallest absolute Gasteiger partial charge is 0.0218 e. The second-order valence-electron chi connectivity index (χ2n) is 4.73. The third-order valence-corrected chi connectivity index (χ3v) is 3.71. The molecular formula is C11H22N2. The second-order valence-corrected chi connectivity index (χ2v) is 4.73. The highest BCUT2D eigenvalue weighted by Crippen LogP contribution is 2.25. The van der Waals surface area contributed by atoms with E-state index in [2.05, 4.69) is 17.3 Å². The molecule has 1 aliphatic heterocycles. The zero-order valence-electron chi connectivity index (χ0n) is 8.76. The average molecular weight is 182 g/mol. The van der Waals surface area contributed by atoms with E-state index in [1.807, 2.05) is 0 Å². The number of hydrogen-bond acceptors (Lipinski definition) is 2. The Balaban J connectivity index is 1.56. The summed E-state index contributed by atoms with van der Waals surface area (Å²) in [5.74, 6) is 1.01. The lowest BCUT2D eigenvalue weighted by atomic mass is 9.85. The largest absolute Gasteiger partial charge is 0.315 e. The fourth-order valence-corrected chi connectivity index (χ4v) is 2.39. The van der Waals surface area contributed by atoms with Gasteiger partial charge in [-0.15, -0.1) is 0 Å². The first-order valence-electron chi connectivity index (χ1n) is 5.77. The highest BCUT2D eigenvalue weighted by atomic mass is 15.2. The van der Waals surface area contributed by atoms with Crippen molar-refractivity contribution in [2.45, 2.75) is 38.1 Å². The van der Waals surface area contributed by atoms with E-state index in [1.54, 1.807) is 0 Å². The van der Waals surface area contributed by atoms with Crippen LogP contribution >= 0.6 is 0 Å². The molecule has 13 heavy (non-hydrogen) atoms. The Morgan fingerprint density at radius 3 is 2.54 bits per heavy atom. The Labute approximate surface area is 81.7 Å². The summed E-state index contributed by atoms with van der Waals surface area (Å²) >= 11 is 0. The molecule has 2 rings (SSSR count). The van der Waals surface area contributed by atoms with E-state index in [0.717, 1.165) is 12.0 Å². The average Bonchev–Trinajstić information content (AvgIpc) is 2.42. The van der Waals surface area contributed by atoms with Crippen molar-refractivity contribution in [1.29, 1.82) is 0 Å². The highest BCUT2D eigenvalue weighted by Gasteiger charge is 2.21. The van der Waals surface area contributed by atoms with Crippen molar-refractivity contribution in [3.05, 3.63) is 0 Å².